The van der Waals surface area contributed by atoms with E-state index in [4.69, 9.17) is 15.4 Å². The number of ether oxygens (including phenoxy) is 1. The van der Waals surface area contributed by atoms with E-state index in [-0.39, 0.29) is 19.5 Å². The highest BCUT2D eigenvalue weighted by molar-refractivity contribution is 8.14. The predicted molar refractivity (Wildman–Crippen MR) is 65.9 cm³/mol. The first kappa shape index (κ1) is 15.5. The molecule has 0 aromatic carbocycles. The summed E-state index contributed by atoms with van der Waals surface area (Å²) in [6.07, 6.45) is -2.33. The van der Waals surface area contributed by atoms with Gasteiger partial charge in [-0.05, 0) is 27.2 Å². The molecule has 18 heavy (non-hydrogen) atoms. The molecule has 2 atom stereocenters. The Kier molecular flexibility index (Phi) is 4.48. The van der Waals surface area contributed by atoms with E-state index in [1.165, 1.54) is 0 Å². The van der Waals surface area contributed by atoms with Crippen LogP contribution in [-0.2, 0) is 13.8 Å². The molecule has 0 spiro atoms. The first-order valence-corrected chi connectivity index (χ1v) is 7.92. The normalized spacial score (nSPS) is 25.9. The standard InChI is InChI=1S/C10H17ClFNO4S/c1-10(2,3)17-9(14)13-5-7(12)4-8(6-13)18(11,15)16/h7-8H,4-6H2,1-3H3/t7-,8+/m1/s1. The molecule has 1 saturated heterocycles. The zero-order valence-electron chi connectivity index (χ0n) is 10.5. The van der Waals surface area contributed by atoms with E-state index in [0.717, 1.165) is 4.90 Å². The summed E-state index contributed by atoms with van der Waals surface area (Å²) < 4.78 is 40.9. The van der Waals surface area contributed by atoms with Crippen molar-refractivity contribution in [1.29, 1.82) is 0 Å². The largest absolute Gasteiger partial charge is 0.444 e. The lowest BCUT2D eigenvalue weighted by Crippen LogP contribution is -2.50. The first-order chi connectivity index (χ1) is 7.99. The van der Waals surface area contributed by atoms with Gasteiger partial charge in [-0.25, -0.2) is 17.6 Å². The summed E-state index contributed by atoms with van der Waals surface area (Å²) in [6, 6.07) is 0. The summed E-state index contributed by atoms with van der Waals surface area (Å²) in [6.45, 7) is 4.73. The molecule has 0 aliphatic carbocycles. The van der Waals surface area contributed by atoms with Gasteiger partial charge >= 0.3 is 6.09 Å². The maximum Gasteiger partial charge on any atom is 0.410 e. The van der Waals surface area contributed by atoms with Gasteiger partial charge in [0, 0.05) is 17.2 Å². The van der Waals surface area contributed by atoms with Gasteiger partial charge in [0.2, 0.25) is 9.05 Å². The van der Waals surface area contributed by atoms with Crippen molar-refractivity contribution in [2.75, 3.05) is 13.1 Å². The SMILES string of the molecule is CC(C)(C)OC(=O)N1C[C@H](F)C[C@H](S(=O)(=O)Cl)C1. The number of piperidine rings is 1. The smallest absolute Gasteiger partial charge is 0.410 e. The Morgan fingerprint density at radius 3 is 2.39 bits per heavy atom. The quantitative estimate of drug-likeness (QED) is 0.694. The summed E-state index contributed by atoms with van der Waals surface area (Å²) in [5.74, 6) is 0. The van der Waals surface area contributed by atoms with Gasteiger partial charge in [-0.15, -0.1) is 0 Å². The number of alkyl halides is 1. The van der Waals surface area contributed by atoms with E-state index in [1.54, 1.807) is 20.8 Å². The van der Waals surface area contributed by atoms with Crippen LogP contribution in [0.25, 0.3) is 0 Å². The third-order valence-electron chi connectivity index (χ3n) is 2.41. The Bertz CT molecular complexity index is 420. The molecule has 0 bridgehead atoms. The Balaban J connectivity index is 2.75. The minimum absolute atomic E-state index is 0.138. The number of halogens is 2. The molecular weight excluding hydrogens is 285 g/mol. The van der Waals surface area contributed by atoms with Gasteiger partial charge in [0.15, 0.2) is 0 Å². The predicted octanol–water partition coefficient (Wildman–Crippen LogP) is 1.90. The van der Waals surface area contributed by atoms with Crippen molar-refractivity contribution in [3.8, 4) is 0 Å². The summed E-state index contributed by atoms with van der Waals surface area (Å²) in [5.41, 5.74) is -0.713. The fourth-order valence-electron chi connectivity index (χ4n) is 1.67. The van der Waals surface area contributed by atoms with Crippen LogP contribution in [0.1, 0.15) is 27.2 Å². The molecule has 8 heteroatoms. The van der Waals surface area contributed by atoms with Crippen LogP contribution in [0.15, 0.2) is 0 Å². The van der Waals surface area contributed by atoms with Crippen molar-refractivity contribution >= 4 is 25.8 Å². The van der Waals surface area contributed by atoms with Crippen molar-refractivity contribution in [3.63, 3.8) is 0 Å². The second kappa shape index (κ2) is 5.21. The van der Waals surface area contributed by atoms with Crippen molar-refractivity contribution in [2.45, 2.75) is 44.2 Å². The van der Waals surface area contributed by atoms with E-state index in [1.807, 2.05) is 0 Å². The molecule has 1 rings (SSSR count). The number of hydrogen-bond acceptors (Lipinski definition) is 4. The average Bonchev–Trinajstić information content (AvgIpc) is 2.12. The third-order valence-corrected chi connectivity index (χ3v) is 4.30. The summed E-state index contributed by atoms with van der Waals surface area (Å²) in [7, 11) is 1.32. The maximum absolute atomic E-state index is 13.4. The van der Waals surface area contributed by atoms with E-state index >= 15 is 0 Å². The number of carbonyl (C=O) groups excluding carboxylic acids is 1. The van der Waals surface area contributed by atoms with Crippen LogP contribution in [0.2, 0.25) is 0 Å². The summed E-state index contributed by atoms with van der Waals surface area (Å²) in [5, 5.41) is -1.09. The Morgan fingerprint density at radius 1 is 1.39 bits per heavy atom. The van der Waals surface area contributed by atoms with Crippen LogP contribution in [0.5, 0.6) is 0 Å². The molecule has 5 nitrogen and oxygen atoms in total. The van der Waals surface area contributed by atoms with Gasteiger partial charge in [-0.3, -0.25) is 0 Å². The van der Waals surface area contributed by atoms with Gasteiger partial charge in [0.05, 0.1) is 11.8 Å². The molecule has 106 valence electrons. The maximum atomic E-state index is 13.4. The molecule has 0 unspecified atom stereocenters. The zero-order chi connectivity index (χ0) is 14.1. The Hall–Kier alpha value is -0.560. The lowest BCUT2D eigenvalue weighted by Gasteiger charge is -2.34. The van der Waals surface area contributed by atoms with Gasteiger partial charge in [-0.1, -0.05) is 0 Å². The number of amides is 1. The zero-order valence-corrected chi connectivity index (χ0v) is 12.1. The second-order valence-electron chi connectivity index (χ2n) is 5.32. The number of carbonyl (C=O) groups is 1. The molecule has 0 aromatic rings. The average molecular weight is 302 g/mol. The van der Waals surface area contributed by atoms with Gasteiger partial charge < -0.3 is 9.64 Å². The van der Waals surface area contributed by atoms with E-state index in [2.05, 4.69) is 0 Å². The molecule has 0 N–H and O–H groups in total. The van der Waals surface area contributed by atoms with E-state index in [9.17, 15) is 17.6 Å². The highest BCUT2D eigenvalue weighted by atomic mass is 35.7. The van der Waals surface area contributed by atoms with Gasteiger partial charge in [0.25, 0.3) is 0 Å². The lowest BCUT2D eigenvalue weighted by molar-refractivity contribution is 0.0144. The lowest BCUT2D eigenvalue weighted by atomic mass is 10.1. The molecule has 1 amide bonds. The Labute approximate surface area is 111 Å². The third kappa shape index (κ3) is 4.61. The number of nitrogens with zero attached hydrogens (tertiary/aromatic N) is 1. The van der Waals surface area contributed by atoms with Crippen LogP contribution < -0.4 is 0 Å². The first-order valence-electron chi connectivity index (χ1n) is 5.54. The van der Waals surface area contributed by atoms with Crippen molar-refractivity contribution in [2.24, 2.45) is 0 Å². The Morgan fingerprint density at radius 2 is 1.94 bits per heavy atom. The van der Waals surface area contributed by atoms with Crippen LogP contribution in [0.4, 0.5) is 9.18 Å². The molecule has 0 radical (unpaired) electrons. The van der Waals surface area contributed by atoms with Crippen molar-refractivity contribution in [3.05, 3.63) is 0 Å². The molecule has 1 aliphatic rings. The minimum Gasteiger partial charge on any atom is -0.444 e. The highest BCUT2D eigenvalue weighted by Crippen LogP contribution is 2.23. The number of hydrogen-bond donors (Lipinski definition) is 0. The summed E-state index contributed by atoms with van der Waals surface area (Å²) >= 11 is 0. The minimum atomic E-state index is -3.89. The van der Waals surface area contributed by atoms with Crippen LogP contribution in [0, 0.1) is 0 Å². The number of likely N-dealkylation sites (tertiary alicyclic amines) is 1. The molecule has 1 heterocycles. The van der Waals surface area contributed by atoms with Crippen LogP contribution in [0.3, 0.4) is 0 Å². The van der Waals surface area contributed by atoms with Crippen molar-refractivity contribution < 1.29 is 22.3 Å². The fourth-order valence-corrected chi connectivity index (χ4v) is 2.86. The van der Waals surface area contributed by atoms with E-state index in [0.29, 0.717) is 0 Å². The van der Waals surface area contributed by atoms with E-state index < -0.39 is 32.2 Å². The molecule has 1 aliphatic heterocycles. The van der Waals surface area contributed by atoms with Gasteiger partial charge in [0.1, 0.15) is 11.8 Å². The van der Waals surface area contributed by atoms with Crippen molar-refractivity contribution in [1.82, 2.24) is 4.90 Å². The van der Waals surface area contributed by atoms with Crippen LogP contribution in [-0.4, -0.2) is 49.5 Å². The molecule has 0 saturated carbocycles. The highest BCUT2D eigenvalue weighted by Gasteiger charge is 2.37. The second-order valence-corrected chi connectivity index (χ2v) is 8.22. The van der Waals surface area contributed by atoms with Gasteiger partial charge in [-0.2, -0.15) is 0 Å². The monoisotopic (exact) mass is 301 g/mol. The summed E-state index contributed by atoms with van der Waals surface area (Å²) in [4.78, 5) is 12.8. The molecule has 0 aromatic heterocycles. The number of rotatable bonds is 1. The fraction of sp³-hybridized carbons (Fsp3) is 0.900. The molecule has 1 fully saturated rings. The molecular formula is C10H17ClFNO4S. The van der Waals surface area contributed by atoms with Crippen LogP contribution >= 0.6 is 10.7 Å². The topological polar surface area (TPSA) is 63.7 Å².